The molecule has 1 amide bonds. The van der Waals surface area contributed by atoms with E-state index in [0.717, 1.165) is 5.76 Å². The SMILES string of the molecule is Cc1ccc(CNC(=O)c2cccc(N/C(N)=C/C=C\N)c2)o1.[HH].[HH]. The van der Waals surface area contributed by atoms with Crippen molar-refractivity contribution < 1.29 is 12.1 Å². The number of hydrogen-bond donors (Lipinski definition) is 4. The Bertz CT molecular complexity index is 742. The summed E-state index contributed by atoms with van der Waals surface area (Å²) in [6, 6.07) is 10.7. The number of hydrogen-bond acceptors (Lipinski definition) is 5. The second-order valence-electron chi connectivity index (χ2n) is 4.91. The smallest absolute Gasteiger partial charge is 0.251 e. The standard InChI is InChI=1S/C17H20N4O2.2H2/c1-12-7-8-15(23-12)11-20-17(22)13-4-2-5-14(10-13)21-16(19)6-3-9-18;;/h2-10,21H,11,18-19H2,1H3,(H,20,22);2*1H/b9-3-,16-6+;;. The zero-order chi connectivity index (χ0) is 16.7. The monoisotopic (exact) mass is 316 g/mol. The molecular weight excluding hydrogens is 292 g/mol. The molecular formula is C17H24N4O2. The fourth-order valence-electron chi connectivity index (χ4n) is 1.96. The number of furan rings is 1. The number of allylic oxidation sites excluding steroid dienone is 2. The Hall–Kier alpha value is -3.15. The first-order chi connectivity index (χ1) is 11.1. The zero-order valence-electron chi connectivity index (χ0n) is 12.9. The van der Waals surface area contributed by atoms with Crippen molar-refractivity contribution in [3.8, 4) is 0 Å². The highest BCUT2D eigenvalue weighted by atomic mass is 16.3. The number of aryl methyl sites for hydroxylation is 1. The number of nitrogens with one attached hydrogen (secondary N) is 2. The van der Waals surface area contributed by atoms with Crippen LogP contribution in [0.3, 0.4) is 0 Å². The van der Waals surface area contributed by atoms with Crippen LogP contribution in [0.4, 0.5) is 5.69 Å². The molecule has 1 aromatic heterocycles. The summed E-state index contributed by atoms with van der Waals surface area (Å²) in [4.78, 5) is 12.2. The second-order valence-corrected chi connectivity index (χ2v) is 4.91. The van der Waals surface area contributed by atoms with Crippen LogP contribution < -0.4 is 22.1 Å². The van der Waals surface area contributed by atoms with Crippen molar-refractivity contribution in [2.24, 2.45) is 11.5 Å². The first-order valence-electron chi connectivity index (χ1n) is 7.13. The quantitative estimate of drug-likeness (QED) is 0.613. The summed E-state index contributed by atoms with van der Waals surface area (Å²) in [6.07, 6.45) is 4.63. The van der Waals surface area contributed by atoms with E-state index in [4.69, 9.17) is 15.9 Å². The van der Waals surface area contributed by atoms with Gasteiger partial charge in [-0.1, -0.05) is 6.07 Å². The van der Waals surface area contributed by atoms with Crippen molar-refractivity contribution in [3.05, 3.63) is 77.7 Å². The molecule has 0 aliphatic heterocycles. The maximum Gasteiger partial charge on any atom is 0.251 e. The third kappa shape index (κ3) is 4.96. The second kappa shape index (κ2) is 7.74. The van der Waals surface area contributed by atoms with Crippen LogP contribution in [0.1, 0.15) is 24.7 Å². The van der Waals surface area contributed by atoms with E-state index in [1.165, 1.54) is 6.20 Å². The Kier molecular flexibility index (Phi) is 5.46. The van der Waals surface area contributed by atoms with Gasteiger partial charge in [0.25, 0.3) is 5.91 Å². The molecule has 124 valence electrons. The molecule has 0 bridgehead atoms. The van der Waals surface area contributed by atoms with Gasteiger partial charge in [-0.25, -0.2) is 0 Å². The summed E-state index contributed by atoms with van der Waals surface area (Å²) in [5, 5.41) is 5.79. The molecule has 0 fully saturated rings. The summed E-state index contributed by atoms with van der Waals surface area (Å²) in [5.74, 6) is 1.77. The van der Waals surface area contributed by atoms with Gasteiger partial charge in [-0.2, -0.15) is 0 Å². The Morgan fingerprint density at radius 3 is 2.87 bits per heavy atom. The molecule has 6 N–H and O–H groups in total. The van der Waals surface area contributed by atoms with Crippen LogP contribution in [-0.2, 0) is 6.54 Å². The van der Waals surface area contributed by atoms with E-state index >= 15 is 0 Å². The molecule has 0 saturated carbocycles. The summed E-state index contributed by atoms with van der Waals surface area (Å²) >= 11 is 0. The maximum absolute atomic E-state index is 12.2. The van der Waals surface area contributed by atoms with Gasteiger partial charge in [0.1, 0.15) is 17.3 Å². The Morgan fingerprint density at radius 1 is 1.35 bits per heavy atom. The molecule has 0 atom stereocenters. The summed E-state index contributed by atoms with van der Waals surface area (Å²) < 4.78 is 5.42. The molecule has 6 nitrogen and oxygen atoms in total. The molecule has 2 aromatic rings. The maximum atomic E-state index is 12.2. The van der Waals surface area contributed by atoms with Gasteiger partial charge in [0, 0.05) is 14.1 Å². The van der Waals surface area contributed by atoms with E-state index in [0.29, 0.717) is 29.4 Å². The van der Waals surface area contributed by atoms with E-state index in [9.17, 15) is 4.79 Å². The van der Waals surface area contributed by atoms with Crippen LogP contribution in [0.2, 0.25) is 0 Å². The van der Waals surface area contributed by atoms with Crippen LogP contribution in [0, 0.1) is 6.92 Å². The van der Waals surface area contributed by atoms with Gasteiger partial charge in [0.2, 0.25) is 0 Å². The van der Waals surface area contributed by atoms with E-state index in [1.54, 1.807) is 30.4 Å². The lowest BCUT2D eigenvalue weighted by molar-refractivity contribution is 0.0948. The van der Waals surface area contributed by atoms with E-state index in [1.807, 2.05) is 25.1 Å². The number of carbonyl (C=O) groups excluding carboxylic acids is 1. The lowest BCUT2D eigenvalue weighted by atomic mass is 10.2. The number of carbonyl (C=O) groups is 1. The number of benzene rings is 1. The minimum atomic E-state index is -0.188. The molecule has 1 heterocycles. The highest BCUT2D eigenvalue weighted by molar-refractivity contribution is 5.95. The lowest BCUT2D eigenvalue weighted by Gasteiger charge is -2.08. The molecule has 23 heavy (non-hydrogen) atoms. The van der Waals surface area contributed by atoms with Gasteiger partial charge in [0.05, 0.1) is 6.54 Å². The predicted molar refractivity (Wildman–Crippen MR) is 94.5 cm³/mol. The molecule has 0 saturated heterocycles. The largest absolute Gasteiger partial charge is 0.465 e. The molecule has 0 spiro atoms. The van der Waals surface area contributed by atoms with Crippen molar-refractivity contribution in [2.45, 2.75) is 13.5 Å². The predicted octanol–water partition coefficient (Wildman–Crippen LogP) is 2.69. The molecule has 0 radical (unpaired) electrons. The summed E-state index contributed by atoms with van der Waals surface area (Å²) in [7, 11) is 0. The Balaban J connectivity index is 0.00000288. The van der Waals surface area contributed by atoms with Crippen molar-refractivity contribution in [2.75, 3.05) is 5.32 Å². The van der Waals surface area contributed by atoms with Crippen molar-refractivity contribution >= 4 is 11.6 Å². The lowest BCUT2D eigenvalue weighted by Crippen LogP contribution is -2.22. The number of anilines is 1. The minimum absolute atomic E-state index is 0. The zero-order valence-corrected chi connectivity index (χ0v) is 12.9. The molecule has 2 rings (SSSR count). The van der Waals surface area contributed by atoms with Gasteiger partial charge in [0.15, 0.2) is 0 Å². The van der Waals surface area contributed by atoms with Gasteiger partial charge < -0.3 is 26.5 Å². The molecule has 6 heteroatoms. The Morgan fingerprint density at radius 2 is 2.17 bits per heavy atom. The minimum Gasteiger partial charge on any atom is -0.465 e. The molecule has 0 aliphatic rings. The first-order valence-corrected chi connectivity index (χ1v) is 7.13. The molecule has 0 aliphatic carbocycles. The van der Waals surface area contributed by atoms with Crippen molar-refractivity contribution in [3.63, 3.8) is 0 Å². The van der Waals surface area contributed by atoms with Crippen LogP contribution in [0.15, 0.2) is 65.0 Å². The summed E-state index contributed by atoms with van der Waals surface area (Å²) in [5.41, 5.74) is 12.3. The topological polar surface area (TPSA) is 106 Å². The Labute approximate surface area is 137 Å². The van der Waals surface area contributed by atoms with E-state index < -0.39 is 0 Å². The van der Waals surface area contributed by atoms with Crippen LogP contribution >= 0.6 is 0 Å². The first kappa shape index (κ1) is 16.2. The van der Waals surface area contributed by atoms with Gasteiger partial charge in [-0.15, -0.1) is 0 Å². The molecule has 1 aromatic carbocycles. The number of rotatable bonds is 6. The van der Waals surface area contributed by atoms with Crippen LogP contribution in [0.5, 0.6) is 0 Å². The fraction of sp³-hybridized carbons (Fsp3) is 0.118. The average molecular weight is 316 g/mol. The average Bonchev–Trinajstić information content (AvgIpc) is 2.96. The van der Waals surface area contributed by atoms with Crippen LogP contribution in [-0.4, -0.2) is 5.91 Å². The van der Waals surface area contributed by atoms with E-state index in [-0.39, 0.29) is 8.76 Å². The van der Waals surface area contributed by atoms with Gasteiger partial charge in [-0.3, -0.25) is 4.79 Å². The fourth-order valence-corrected chi connectivity index (χ4v) is 1.96. The number of amides is 1. The van der Waals surface area contributed by atoms with Gasteiger partial charge >= 0.3 is 0 Å². The summed E-state index contributed by atoms with van der Waals surface area (Å²) in [6.45, 7) is 2.20. The molecule has 0 unspecified atom stereocenters. The van der Waals surface area contributed by atoms with E-state index in [2.05, 4.69) is 10.6 Å². The third-order valence-electron chi connectivity index (χ3n) is 3.02. The highest BCUT2D eigenvalue weighted by Crippen LogP contribution is 2.12. The highest BCUT2D eigenvalue weighted by Gasteiger charge is 2.07. The van der Waals surface area contributed by atoms with Gasteiger partial charge in [-0.05, 0) is 55.6 Å². The number of nitrogens with two attached hydrogens (primary N) is 2. The van der Waals surface area contributed by atoms with Crippen molar-refractivity contribution in [1.29, 1.82) is 0 Å². The van der Waals surface area contributed by atoms with Crippen LogP contribution in [0.25, 0.3) is 0 Å². The third-order valence-corrected chi connectivity index (χ3v) is 3.02. The normalized spacial score (nSPS) is 11.6. The van der Waals surface area contributed by atoms with Crippen molar-refractivity contribution in [1.82, 2.24) is 5.32 Å².